The van der Waals surface area contributed by atoms with Gasteiger partial charge in [0, 0.05) is 18.7 Å². The highest BCUT2D eigenvalue weighted by atomic mass is 35.5. The number of hydrogen-bond acceptors (Lipinski definition) is 9. The van der Waals surface area contributed by atoms with Crippen molar-refractivity contribution in [3.8, 4) is 17.0 Å². The number of rotatable bonds is 6. The molecule has 0 saturated carbocycles. The van der Waals surface area contributed by atoms with Gasteiger partial charge in [0.05, 0.1) is 48.8 Å². The summed E-state index contributed by atoms with van der Waals surface area (Å²) < 4.78 is 35.9. The number of imidazole rings is 1. The van der Waals surface area contributed by atoms with E-state index in [1.807, 2.05) is 16.7 Å². The number of nitrogens with two attached hydrogens (primary N) is 2. The summed E-state index contributed by atoms with van der Waals surface area (Å²) >= 11 is 6.18. The molecule has 1 saturated heterocycles. The third kappa shape index (κ3) is 5.00. The maximum absolute atomic E-state index is 14.6. The maximum Gasteiger partial charge on any atom is 0.190 e. The fourth-order valence-electron chi connectivity index (χ4n) is 5.34. The van der Waals surface area contributed by atoms with Crippen LogP contribution in [0.15, 0.2) is 55.2 Å². The third-order valence-electron chi connectivity index (χ3n) is 7.32. The zero-order chi connectivity index (χ0) is 28.7. The van der Waals surface area contributed by atoms with Crippen molar-refractivity contribution in [1.29, 1.82) is 0 Å². The number of ether oxygens (including phenoxy) is 1. The van der Waals surface area contributed by atoms with E-state index in [1.54, 1.807) is 24.7 Å². The summed E-state index contributed by atoms with van der Waals surface area (Å²) in [5.74, 6) is -1.82. The number of methoxy groups -OCH3 is 1. The van der Waals surface area contributed by atoms with Crippen LogP contribution < -0.4 is 21.1 Å². The molecule has 1 aliphatic heterocycles. The number of fused-ring (bicyclic) bond motifs is 1. The van der Waals surface area contributed by atoms with Crippen LogP contribution in [0, 0.1) is 11.6 Å². The molecule has 5 heterocycles. The number of pyridine rings is 2. The molecule has 0 bridgehead atoms. The molecule has 1 aliphatic rings. The van der Waals surface area contributed by atoms with Gasteiger partial charge in [0.15, 0.2) is 28.8 Å². The molecule has 13 heteroatoms. The second kappa shape index (κ2) is 10.5. The Hall–Kier alpha value is -4.42. The largest absolute Gasteiger partial charge is 0.491 e. The second-order valence-corrected chi connectivity index (χ2v) is 10.4. The number of benzene rings is 1. The number of anilines is 2. The van der Waals surface area contributed by atoms with Crippen molar-refractivity contribution in [3.05, 3.63) is 83.3 Å². The first-order chi connectivity index (χ1) is 19.8. The number of aromatic nitrogens is 6. The molecule has 0 radical (unpaired) electrons. The van der Waals surface area contributed by atoms with Crippen LogP contribution in [0.3, 0.4) is 0 Å². The van der Waals surface area contributed by atoms with Gasteiger partial charge in [0.25, 0.3) is 0 Å². The van der Waals surface area contributed by atoms with E-state index in [9.17, 15) is 8.78 Å². The number of nitrogen functional groups attached to an aromatic ring is 1. The third-order valence-corrected chi connectivity index (χ3v) is 7.53. The summed E-state index contributed by atoms with van der Waals surface area (Å²) in [5.41, 5.74) is 16.2. The number of nitrogens with zero attached hydrogens (tertiary/aromatic N) is 7. The van der Waals surface area contributed by atoms with Gasteiger partial charge >= 0.3 is 0 Å². The minimum atomic E-state index is -0.819. The van der Waals surface area contributed by atoms with Crippen molar-refractivity contribution in [1.82, 2.24) is 29.5 Å². The van der Waals surface area contributed by atoms with Crippen molar-refractivity contribution < 1.29 is 13.5 Å². The highest BCUT2D eigenvalue weighted by Crippen LogP contribution is 2.35. The van der Waals surface area contributed by atoms with Gasteiger partial charge in [-0.25, -0.2) is 28.7 Å². The molecule has 41 heavy (non-hydrogen) atoms. The Balaban J connectivity index is 1.44. The van der Waals surface area contributed by atoms with Crippen LogP contribution in [0.2, 0.25) is 5.15 Å². The van der Waals surface area contributed by atoms with Crippen LogP contribution >= 0.6 is 11.6 Å². The molecule has 4 aromatic heterocycles. The van der Waals surface area contributed by atoms with Crippen LogP contribution in [-0.2, 0) is 12.1 Å². The normalized spacial score (nSPS) is 17.2. The predicted octanol–water partition coefficient (Wildman–Crippen LogP) is 4.31. The Morgan fingerprint density at radius 1 is 1.10 bits per heavy atom. The van der Waals surface area contributed by atoms with E-state index >= 15 is 0 Å². The summed E-state index contributed by atoms with van der Waals surface area (Å²) in [5, 5.41) is 0.378. The highest BCUT2D eigenvalue weighted by molar-refractivity contribution is 6.29. The van der Waals surface area contributed by atoms with Crippen LogP contribution in [0.5, 0.6) is 5.75 Å². The Labute approximate surface area is 239 Å². The van der Waals surface area contributed by atoms with E-state index in [0.717, 1.165) is 30.6 Å². The molecule has 1 atom stereocenters. The summed E-state index contributed by atoms with van der Waals surface area (Å²) in [7, 11) is 1.22. The van der Waals surface area contributed by atoms with Crippen molar-refractivity contribution in [2.45, 2.75) is 24.9 Å². The zero-order valence-corrected chi connectivity index (χ0v) is 22.8. The zero-order valence-electron chi connectivity index (χ0n) is 22.1. The lowest BCUT2D eigenvalue weighted by atomic mass is 9.86. The standard InChI is InChI=1S/C28H26ClF2N9O/c1-41-25-18(30)8-16(9-19(25)31)20-10-17(12-40-15-37-24-26(32)35-14-36-27(24)40)21(11-34-20)39-7-3-6-28(33,13-39)22-4-2-5-23(29)38-22/h2,4-5,8-11,14-15H,3,6-7,12-13,33H2,1H3,(H2,32,35,36)/t28-/m1/s1. The summed E-state index contributed by atoms with van der Waals surface area (Å²) in [6.45, 7) is 1.50. The Morgan fingerprint density at radius 2 is 1.90 bits per heavy atom. The second-order valence-electron chi connectivity index (χ2n) is 10.0. The van der Waals surface area contributed by atoms with Gasteiger partial charge in [-0.05, 0) is 48.7 Å². The average molecular weight is 578 g/mol. The minimum Gasteiger partial charge on any atom is -0.491 e. The molecule has 6 rings (SSSR count). The van der Waals surface area contributed by atoms with E-state index in [4.69, 9.17) is 27.8 Å². The molecule has 1 fully saturated rings. The van der Waals surface area contributed by atoms with Crippen LogP contribution in [0.1, 0.15) is 24.1 Å². The van der Waals surface area contributed by atoms with Crippen LogP contribution in [-0.4, -0.2) is 49.7 Å². The Bertz CT molecular complexity index is 1740. The monoisotopic (exact) mass is 577 g/mol. The minimum absolute atomic E-state index is 0.269. The number of halogens is 3. The smallest absolute Gasteiger partial charge is 0.190 e. The van der Waals surface area contributed by atoms with E-state index in [1.165, 1.54) is 25.6 Å². The quantitative estimate of drug-likeness (QED) is 0.283. The fourth-order valence-corrected chi connectivity index (χ4v) is 5.51. The van der Waals surface area contributed by atoms with Crippen molar-refractivity contribution in [3.63, 3.8) is 0 Å². The average Bonchev–Trinajstić information content (AvgIpc) is 3.37. The lowest BCUT2D eigenvalue weighted by molar-refractivity contribution is 0.345. The van der Waals surface area contributed by atoms with Gasteiger partial charge < -0.3 is 25.7 Å². The van der Waals surface area contributed by atoms with Gasteiger partial charge in [-0.15, -0.1) is 0 Å². The molecule has 0 aliphatic carbocycles. The molecule has 5 aromatic rings. The number of hydrogen-bond donors (Lipinski definition) is 2. The van der Waals surface area contributed by atoms with E-state index in [2.05, 4.69) is 29.8 Å². The van der Waals surface area contributed by atoms with Gasteiger partial charge in [-0.2, -0.15) is 0 Å². The van der Waals surface area contributed by atoms with E-state index in [-0.39, 0.29) is 11.4 Å². The summed E-state index contributed by atoms with van der Waals surface area (Å²) in [6, 6.07) is 9.63. The van der Waals surface area contributed by atoms with Gasteiger partial charge in [-0.3, -0.25) is 4.98 Å². The lowest BCUT2D eigenvalue weighted by Crippen LogP contribution is -2.52. The summed E-state index contributed by atoms with van der Waals surface area (Å²) in [6.07, 6.45) is 6.24. The molecular formula is C28H26ClF2N9O. The van der Waals surface area contributed by atoms with E-state index < -0.39 is 22.9 Å². The topological polar surface area (TPSA) is 134 Å². The maximum atomic E-state index is 14.6. The van der Waals surface area contributed by atoms with Crippen LogP contribution in [0.25, 0.3) is 22.4 Å². The predicted molar refractivity (Wildman–Crippen MR) is 152 cm³/mol. The van der Waals surface area contributed by atoms with Crippen molar-refractivity contribution >= 4 is 34.3 Å². The number of piperidine rings is 1. The molecule has 0 spiro atoms. The molecule has 210 valence electrons. The highest BCUT2D eigenvalue weighted by Gasteiger charge is 2.36. The van der Waals surface area contributed by atoms with Crippen molar-refractivity contribution in [2.75, 3.05) is 30.8 Å². The SMILES string of the molecule is COc1c(F)cc(-c2cc(Cn3cnc4c(N)ncnc43)c(N3CCC[C@](N)(c4cccc(Cl)n4)C3)cn2)cc1F. The lowest BCUT2D eigenvalue weighted by Gasteiger charge is -2.41. The molecule has 10 nitrogen and oxygen atoms in total. The molecular weight excluding hydrogens is 552 g/mol. The molecule has 4 N–H and O–H groups in total. The molecule has 0 amide bonds. The van der Waals surface area contributed by atoms with Crippen LogP contribution in [0.4, 0.5) is 20.3 Å². The van der Waals surface area contributed by atoms with Gasteiger partial charge in [0.2, 0.25) is 0 Å². The van der Waals surface area contributed by atoms with Gasteiger partial charge in [0.1, 0.15) is 17.0 Å². The first kappa shape index (κ1) is 26.8. The van der Waals surface area contributed by atoms with Crippen molar-refractivity contribution in [2.24, 2.45) is 5.73 Å². The Kier molecular flexibility index (Phi) is 6.88. The Morgan fingerprint density at radius 3 is 2.66 bits per heavy atom. The fraction of sp³-hybridized carbons (Fsp3) is 0.250. The first-order valence-electron chi connectivity index (χ1n) is 12.9. The van der Waals surface area contributed by atoms with Gasteiger partial charge in [-0.1, -0.05) is 17.7 Å². The van der Waals surface area contributed by atoms with E-state index in [0.29, 0.717) is 40.8 Å². The molecule has 1 aromatic carbocycles. The molecule has 0 unspecified atom stereocenters. The summed E-state index contributed by atoms with van der Waals surface area (Å²) in [4.78, 5) is 24.0. The first-order valence-corrected chi connectivity index (χ1v) is 13.2.